The number of amides is 1. The molecule has 0 radical (unpaired) electrons. The molecule has 0 aliphatic carbocycles. The van der Waals surface area contributed by atoms with Gasteiger partial charge in [0.1, 0.15) is 12.4 Å². The second kappa shape index (κ2) is 9.69. The Balaban J connectivity index is 1.69. The van der Waals surface area contributed by atoms with Crippen LogP contribution in [0.25, 0.3) is 6.08 Å². The van der Waals surface area contributed by atoms with Gasteiger partial charge in [0.15, 0.2) is 5.17 Å². The predicted molar refractivity (Wildman–Crippen MR) is 130 cm³/mol. The molecule has 0 unspecified atom stereocenters. The van der Waals surface area contributed by atoms with E-state index in [1.807, 2.05) is 72.8 Å². The van der Waals surface area contributed by atoms with Gasteiger partial charge in [-0.3, -0.25) is 9.69 Å². The van der Waals surface area contributed by atoms with Crippen molar-refractivity contribution in [3.8, 4) is 5.75 Å². The van der Waals surface area contributed by atoms with E-state index in [4.69, 9.17) is 21.3 Å². The smallest absolute Gasteiger partial charge is 0.271 e. The maximum Gasteiger partial charge on any atom is 0.271 e. The van der Waals surface area contributed by atoms with Gasteiger partial charge in [0.2, 0.25) is 0 Å². The van der Waals surface area contributed by atoms with E-state index in [0.29, 0.717) is 27.5 Å². The number of benzene rings is 3. The summed E-state index contributed by atoms with van der Waals surface area (Å²) in [4.78, 5) is 20.2. The highest BCUT2D eigenvalue weighted by Gasteiger charge is 2.34. The average molecular weight is 447 g/mol. The van der Waals surface area contributed by atoms with Crippen molar-refractivity contribution in [2.45, 2.75) is 0 Å². The van der Waals surface area contributed by atoms with Gasteiger partial charge >= 0.3 is 0 Å². The Kier molecular flexibility index (Phi) is 6.55. The van der Waals surface area contributed by atoms with Gasteiger partial charge in [-0.05, 0) is 59.8 Å². The van der Waals surface area contributed by atoms with E-state index in [1.54, 1.807) is 23.1 Å². The second-order valence-electron chi connectivity index (χ2n) is 6.61. The highest BCUT2D eigenvalue weighted by Crippen LogP contribution is 2.38. The summed E-state index contributed by atoms with van der Waals surface area (Å²) in [5, 5.41) is 1.08. The summed E-state index contributed by atoms with van der Waals surface area (Å²) < 4.78 is 5.52. The van der Waals surface area contributed by atoms with Gasteiger partial charge in [0.05, 0.1) is 21.3 Å². The minimum Gasteiger partial charge on any atom is -0.488 e. The van der Waals surface area contributed by atoms with Gasteiger partial charge in [0, 0.05) is 0 Å². The number of halogens is 1. The standard InChI is InChI=1S/C25H19ClN2O2S/c1-2-15-30-22-14-13-18(16-21(22)26)17-23-24(29)28(20-11-7-4-8-12-20)25(31-23)27-19-9-5-3-6-10-19/h2-14,16-17H,1,15H2/b23-17+,27-25?. The van der Waals surface area contributed by atoms with Gasteiger partial charge in [0.25, 0.3) is 5.91 Å². The highest BCUT2D eigenvalue weighted by atomic mass is 35.5. The van der Waals surface area contributed by atoms with E-state index in [0.717, 1.165) is 16.9 Å². The monoisotopic (exact) mass is 446 g/mol. The van der Waals surface area contributed by atoms with Crippen molar-refractivity contribution in [2.75, 3.05) is 11.5 Å². The van der Waals surface area contributed by atoms with Crippen LogP contribution in [0.3, 0.4) is 0 Å². The van der Waals surface area contributed by atoms with Crippen molar-refractivity contribution >= 4 is 51.9 Å². The summed E-state index contributed by atoms with van der Waals surface area (Å²) in [7, 11) is 0. The molecule has 0 bridgehead atoms. The summed E-state index contributed by atoms with van der Waals surface area (Å²) in [5.74, 6) is 0.445. The molecule has 31 heavy (non-hydrogen) atoms. The first kappa shape index (κ1) is 21.0. The molecule has 0 saturated carbocycles. The Labute approximate surface area is 190 Å². The molecular formula is C25H19ClN2O2S. The minimum atomic E-state index is -0.131. The second-order valence-corrected chi connectivity index (χ2v) is 8.02. The van der Waals surface area contributed by atoms with E-state index >= 15 is 0 Å². The quantitative estimate of drug-likeness (QED) is 0.312. The maximum atomic E-state index is 13.3. The van der Waals surface area contributed by atoms with Gasteiger partial charge in [-0.1, -0.05) is 66.7 Å². The molecule has 6 heteroatoms. The molecule has 4 rings (SSSR count). The summed E-state index contributed by atoms with van der Waals surface area (Å²) in [5.41, 5.74) is 2.36. The van der Waals surface area contributed by atoms with E-state index < -0.39 is 0 Å². The number of amidine groups is 1. The molecular weight excluding hydrogens is 428 g/mol. The number of anilines is 1. The summed E-state index contributed by atoms with van der Waals surface area (Å²) >= 11 is 7.67. The topological polar surface area (TPSA) is 41.9 Å². The van der Waals surface area contributed by atoms with Crippen LogP contribution >= 0.6 is 23.4 Å². The molecule has 1 fully saturated rings. The molecule has 154 valence electrons. The molecule has 4 nitrogen and oxygen atoms in total. The lowest BCUT2D eigenvalue weighted by Gasteiger charge is -2.15. The Morgan fingerprint density at radius 3 is 2.42 bits per heavy atom. The molecule has 3 aromatic carbocycles. The zero-order valence-corrected chi connectivity index (χ0v) is 18.1. The SMILES string of the molecule is C=CCOc1ccc(/C=C2/SC(=Nc3ccccc3)N(c3ccccc3)C2=O)cc1Cl. The molecule has 1 heterocycles. The van der Waals surface area contributed by atoms with E-state index in [2.05, 4.69) is 6.58 Å². The number of ether oxygens (including phenoxy) is 1. The normalized spacial score (nSPS) is 16.2. The first-order valence-electron chi connectivity index (χ1n) is 9.62. The molecule has 1 saturated heterocycles. The Hall–Kier alpha value is -3.28. The van der Waals surface area contributed by atoms with Crippen molar-refractivity contribution in [1.82, 2.24) is 0 Å². The lowest BCUT2D eigenvalue weighted by Crippen LogP contribution is -2.28. The molecule has 0 aromatic heterocycles. The Morgan fingerprint density at radius 1 is 1.03 bits per heavy atom. The van der Waals surface area contributed by atoms with Crippen molar-refractivity contribution in [3.63, 3.8) is 0 Å². The van der Waals surface area contributed by atoms with Gasteiger partial charge in [-0.15, -0.1) is 0 Å². The average Bonchev–Trinajstić information content (AvgIpc) is 3.09. The Bertz CT molecular complexity index is 1160. The number of hydrogen-bond acceptors (Lipinski definition) is 4. The zero-order chi connectivity index (χ0) is 21.6. The fourth-order valence-electron chi connectivity index (χ4n) is 2.99. The van der Waals surface area contributed by atoms with Gasteiger partial charge in [-0.25, -0.2) is 4.99 Å². The molecule has 0 atom stereocenters. The lowest BCUT2D eigenvalue weighted by molar-refractivity contribution is -0.113. The largest absolute Gasteiger partial charge is 0.488 e. The number of thioether (sulfide) groups is 1. The van der Waals surface area contributed by atoms with Crippen LogP contribution in [0.15, 0.2) is 101 Å². The third-order valence-corrected chi connectivity index (χ3v) is 5.68. The van der Waals surface area contributed by atoms with Crippen molar-refractivity contribution in [3.05, 3.63) is 107 Å². The number of carbonyl (C=O) groups excluding carboxylic acids is 1. The van der Waals surface area contributed by atoms with Gasteiger partial charge in [-0.2, -0.15) is 0 Å². The number of rotatable bonds is 6. The van der Waals surface area contributed by atoms with E-state index in [-0.39, 0.29) is 5.91 Å². The fourth-order valence-corrected chi connectivity index (χ4v) is 4.23. The van der Waals surface area contributed by atoms with Crippen LogP contribution in [-0.4, -0.2) is 17.7 Å². The van der Waals surface area contributed by atoms with Crippen LogP contribution in [0.4, 0.5) is 11.4 Å². The van der Waals surface area contributed by atoms with Crippen molar-refractivity contribution in [2.24, 2.45) is 4.99 Å². The van der Waals surface area contributed by atoms with Crippen LogP contribution in [-0.2, 0) is 4.79 Å². The lowest BCUT2D eigenvalue weighted by atomic mass is 10.2. The molecule has 1 aliphatic rings. The molecule has 3 aromatic rings. The van der Waals surface area contributed by atoms with E-state index in [1.165, 1.54) is 11.8 Å². The van der Waals surface area contributed by atoms with Crippen molar-refractivity contribution in [1.29, 1.82) is 0 Å². The van der Waals surface area contributed by atoms with Crippen molar-refractivity contribution < 1.29 is 9.53 Å². The molecule has 0 spiro atoms. The Morgan fingerprint density at radius 2 is 1.74 bits per heavy atom. The fraction of sp³-hybridized carbons (Fsp3) is 0.0400. The van der Waals surface area contributed by atoms with Crippen LogP contribution < -0.4 is 9.64 Å². The number of carbonyl (C=O) groups is 1. The highest BCUT2D eigenvalue weighted by molar-refractivity contribution is 8.19. The molecule has 0 N–H and O–H groups in total. The van der Waals surface area contributed by atoms with E-state index in [9.17, 15) is 4.79 Å². The first-order chi connectivity index (χ1) is 15.2. The third-order valence-electron chi connectivity index (χ3n) is 4.41. The zero-order valence-electron chi connectivity index (χ0n) is 16.6. The summed E-state index contributed by atoms with van der Waals surface area (Å²) in [6.45, 7) is 4.01. The molecule has 1 amide bonds. The summed E-state index contributed by atoms with van der Waals surface area (Å²) in [6, 6.07) is 24.5. The van der Waals surface area contributed by atoms with Gasteiger partial charge < -0.3 is 4.74 Å². The number of nitrogens with zero attached hydrogens (tertiary/aromatic N) is 2. The minimum absolute atomic E-state index is 0.131. The summed E-state index contributed by atoms with van der Waals surface area (Å²) in [6.07, 6.45) is 3.48. The van der Waals surface area contributed by atoms with Crippen LogP contribution in [0.2, 0.25) is 5.02 Å². The number of aliphatic imine (C=N–C) groups is 1. The van der Waals surface area contributed by atoms with Crippen LogP contribution in [0, 0.1) is 0 Å². The molecule has 1 aliphatic heterocycles. The van der Waals surface area contributed by atoms with Crippen LogP contribution in [0.1, 0.15) is 5.56 Å². The predicted octanol–water partition coefficient (Wildman–Crippen LogP) is 6.71. The first-order valence-corrected chi connectivity index (χ1v) is 10.8. The third kappa shape index (κ3) is 4.90. The number of para-hydroxylation sites is 2. The number of hydrogen-bond donors (Lipinski definition) is 0. The van der Waals surface area contributed by atoms with Crippen LogP contribution in [0.5, 0.6) is 5.75 Å². The maximum absolute atomic E-state index is 13.3.